The quantitative estimate of drug-likeness (QED) is 0.00812. The first-order valence-electron chi connectivity index (χ1n) is 27.4. The lowest BCUT2D eigenvalue weighted by Gasteiger charge is -2.37. The Morgan fingerprint density at radius 2 is 1.08 bits per heavy atom. The van der Waals surface area contributed by atoms with Crippen LogP contribution >= 0.6 is 0 Å². The van der Waals surface area contributed by atoms with Crippen LogP contribution in [-0.4, -0.2) is 174 Å². The Morgan fingerprint density at radius 1 is 0.620 bits per heavy atom. The average Bonchev–Trinajstić information content (AvgIpc) is 3.56. The number of anilines is 1. The summed E-state index contributed by atoms with van der Waals surface area (Å²) in [6.07, 6.45) is 2.81. The molecule has 5 N–H and O–H groups in total. The minimum atomic E-state index is -0.648. The molecule has 79 heavy (non-hydrogen) atoms. The fraction of sp³-hybridized carbons (Fsp3) is 0.542. The van der Waals surface area contributed by atoms with Crippen LogP contribution in [0.2, 0.25) is 0 Å². The molecule has 0 fully saturated rings. The maximum Gasteiger partial charge on any atom is 0.241 e. The molecule has 4 aromatic carbocycles. The van der Waals surface area contributed by atoms with Gasteiger partial charge in [0, 0.05) is 36.0 Å². The van der Waals surface area contributed by atoms with Gasteiger partial charge in [-0.1, -0.05) is 121 Å². The number of hydrogen-bond acceptors (Lipinski definition) is 16. The minimum absolute atomic E-state index is 0.0796. The molecule has 0 aromatic heterocycles. The van der Waals surface area contributed by atoms with Crippen LogP contribution in [0.4, 0.5) is 5.69 Å². The molecule has 0 radical (unpaired) electrons. The van der Waals surface area contributed by atoms with Gasteiger partial charge in [-0.05, 0) is 66.2 Å². The van der Waals surface area contributed by atoms with Gasteiger partial charge in [0.15, 0.2) is 0 Å². The third-order valence-electron chi connectivity index (χ3n) is 12.6. The fourth-order valence-electron chi connectivity index (χ4n) is 8.17. The van der Waals surface area contributed by atoms with E-state index >= 15 is 0 Å². The lowest BCUT2D eigenvalue weighted by Crippen LogP contribution is -2.51. The number of unbranched alkanes of at least 4 members (excludes halogenated alkanes) is 1. The lowest BCUT2D eigenvalue weighted by atomic mass is 9.76. The standard InChI is InChI=1S/C59H85N7O13/c1-48-16-20-53(21-17-48)59(51-11-5-3-6-12-51,52-13-7-4-8-14-52)62-25-10-9-15-55(58(70)64-54-22-18-50(47-68)19-23-54)61-45-56(49(2)46-67)65-57(69)24-27-71-29-31-73-33-35-75-37-39-77-41-43-79-44-42-78-40-38-76-36-34-74-32-30-72-28-26-63-66-60/h3-8,11-14,16-23,46,49,55-56,61-62,68H,9-10,15,24-45,47H2,1-2H3,(H,64,70)(H,65,69)/t49-,55+,56?/m1/s1. The predicted octanol–water partition coefficient (Wildman–Crippen LogP) is 6.31. The summed E-state index contributed by atoms with van der Waals surface area (Å²) in [5.41, 5.74) is 13.4. The van der Waals surface area contributed by atoms with Gasteiger partial charge >= 0.3 is 0 Å². The number of amides is 2. The number of azide groups is 1. The Hall–Kier alpha value is -5.68. The van der Waals surface area contributed by atoms with Crippen LogP contribution < -0.4 is 21.3 Å². The van der Waals surface area contributed by atoms with E-state index in [9.17, 15) is 19.5 Å². The summed E-state index contributed by atoms with van der Waals surface area (Å²) < 4.78 is 49.4. The summed E-state index contributed by atoms with van der Waals surface area (Å²) in [5.74, 6) is -1.06. The zero-order valence-corrected chi connectivity index (χ0v) is 46.3. The molecule has 0 spiro atoms. The van der Waals surface area contributed by atoms with Gasteiger partial charge in [0.2, 0.25) is 11.8 Å². The van der Waals surface area contributed by atoms with Crippen molar-refractivity contribution in [1.82, 2.24) is 16.0 Å². The highest BCUT2D eigenvalue weighted by atomic mass is 16.6. The largest absolute Gasteiger partial charge is 0.392 e. The fourth-order valence-corrected chi connectivity index (χ4v) is 8.17. The highest BCUT2D eigenvalue weighted by Crippen LogP contribution is 2.37. The van der Waals surface area contributed by atoms with Crippen LogP contribution in [0.5, 0.6) is 0 Å². The van der Waals surface area contributed by atoms with Crippen molar-refractivity contribution >= 4 is 23.8 Å². The molecule has 0 saturated carbocycles. The molecule has 0 aliphatic rings. The first kappa shape index (κ1) is 65.8. The molecule has 0 aliphatic carbocycles. The number of aliphatic hydroxyl groups is 1. The number of hydrogen-bond donors (Lipinski definition) is 5. The van der Waals surface area contributed by atoms with Crippen molar-refractivity contribution in [2.45, 2.75) is 63.8 Å². The molecule has 434 valence electrons. The molecule has 2 amide bonds. The van der Waals surface area contributed by atoms with E-state index in [1.54, 1.807) is 31.2 Å². The smallest absolute Gasteiger partial charge is 0.241 e. The number of carbonyl (C=O) groups excluding carboxylic acids is 3. The third kappa shape index (κ3) is 27.4. The molecular formula is C59H85N7O13. The second-order valence-electron chi connectivity index (χ2n) is 18.5. The predicted molar refractivity (Wildman–Crippen MR) is 302 cm³/mol. The summed E-state index contributed by atoms with van der Waals surface area (Å²) in [6.45, 7) is 12.2. The summed E-state index contributed by atoms with van der Waals surface area (Å²) in [7, 11) is 0. The van der Waals surface area contributed by atoms with Crippen LogP contribution in [0.3, 0.4) is 0 Å². The monoisotopic (exact) mass is 1100 g/mol. The van der Waals surface area contributed by atoms with E-state index in [-0.39, 0.29) is 38.0 Å². The second-order valence-corrected chi connectivity index (χ2v) is 18.5. The van der Waals surface area contributed by atoms with Gasteiger partial charge in [0.1, 0.15) is 6.29 Å². The summed E-state index contributed by atoms with van der Waals surface area (Å²) in [4.78, 5) is 41.8. The molecule has 4 rings (SSSR count). The van der Waals surface area contributed by atoms with Gasteiger partial charge in [-0.15, -0.1) is 0 Å². The highest BCUT2D eigenvalue weighted by molar-refractivity contribution is 5.94. The topological polar surface area (TPSA) is 251 Å². The first-order chi connectivity index (χ1) is 38.8. The molecule has 3 atom stereocenters. The van der Waals surface area contributed by atoms with Crippen molar-refractivity contribution in [3.8, 4) is 0 Å². The molecule has 0 saturated heterocycles. The summed E-state index contributed by atoms with van der Waals surface area (Å²) in [6, 6.07) is 35.3. The number of rotatable bonds is 48. The summed E-state index contributed by atoms with van der Waals surface area (Å²) >= 11 is 0. The van der Waals surface area contributed by atoms with Gasteiger partial charge in [0.05, 0.1) is 143 Å². The number of aldehydes is 1. The Balaban J connectivity index is 1.09. The van der Waals surface area contributed by atoms with Crippen LogP contribution in [0.25, 0.3) is 10.4 Å². The number of aryl methyl sites for hydroxylation is 1. The Labute approximate surface area is 466 Å². The number of aliphatic hydroxyl groups excluding tert-OH is 1. The third-order valence-corrected chi connectivity index (χ3v) is 12.6. The number of ether oxygens (including phenoxy) is 9. The van der Waals surface area contributed by atoms with Gasteiger partial charge in [0.25, 0.3) is 0 Å². The van der Waals surface area contributed by atoms with E-state index in [2.05, 4.69) is 111 Å². The lowest BCUT2D eigenvalue weighted by molar-refractivity contribution is -0.123. The van der Waals surface area contributed by atoms with E-state index < -0.39 is 23.5 Å². The van der Waals surface area contributed by atoms with E-state index in [0.29, 0.717) is 144 Å². The van der Waals surface area contributed by atoms with Crippen molar-refractivity contribution < 1.29 is 62.1 Å². The zero-order valence-electron chi connectivity index (χ0n) is 46.3. The molecular weight excluding hydrogens is 1010 g/mol. The van der Waals surface area contributed by atoms with Gasteiger partial charge in [-0.25, -0.2) is 0 Å². The maximum atomic E-state index is 13.9. The van der Waals surface area contributed by atoms with Crippen LogP contribution in [0.15, 0.2) is 114 Å². The highest BCUT2D eigenvalue weighted by Gasteiger charge is 2.35. The minimum Gasteiger partial charge on any atom is -0.392 e. The van der Waals surface area contributed by atoms with Gasteiger partial charge in [-0.2, -0.15) is 0 Å². The van der Waals surface area contributed by atoms with Crippen molar-refractivity contribution in [2.75, 3.05) is 144 Å². The Morgan fingerprint density at radius 3 is 1.53 bits per heavy atom. The number of nitrogens with one attached hydrogen (secondary N) is 4. The Bertz CT molecular complexity index is 2210. The SMILES string of the molecule is Cc1ccc(C(NCCCC[C@H](NCC(NC(=O)CCOCCOCCOCCOCCOCCOCCOCCOCCOCCN=[N+]=[N-])[C@H](C)C=O)C(=O)Nc2ccc(CO)cc2)(c2ccccc2)c2ccccc2)cc1. The van der Waals surface area contributed by atoms with Crippen molar-refractivity contribution in [1.29, 1.82) is 0 Å². The average molecular weight is 1100 g/mol. The molecule has 1 unspecified atom stereocenters. The van der Waals surface area contributed by atoms with Gasteiger partial charge in [-0.3, -0.25) is 14.9 Å². The van der Waals surface area contributed by atoms with Crippen molar-refractivity contribution in [2.24, 2.45) is 11.0 Å². The summed E-state index contributed by atoms with van der Waals surface area (Å²) in [5, 5.41) is 26.2. The van der Waals surface area contributed by atoms with E-state index in [4.69, 9.17) is 48.2 Å². The molecule has 20 nitrogen and oxygen atoms in total. The van der Waals surface area contributed by atoms with Crippen LogP contribution in [-0.2, 0) is 69.2 Å². The van der Waals surface area contributed by atoms with E-state index in [1.807, 2.05) is 12.1 Å². The van der Waals surface area contributed by atoms with E-state index in [0.717, 1.165) is 35.0 Å². The normalized spacial score (nSPS) is 12.6. The van der Waals surface area contributed by atoms with Crippen LogP contribution in [0.1, 0.15) is 60.4 Å². The number of carbonyl (C=O) groups is 3. The van der Waals surface area contributed by atoms with Crippen molar-refractivity contribution in [3.63, 3.8) is 0 Å². The maximum absolute atomic E-state index is 13.9. The second kappa shape index (κ2) is 42.2. The molecule has 0 bridgehead atoms. The number of nitrogens with zero attached hydrogens (tertiary/aromatic N) is 3. The number of benzene rings is 4. The van der Waals surface area contributed by atoms with E-state index in [1.165, 1.54) is 5.56 Å². The molecule has 0 aliphatic heterocycles. The Kier molecular flexibility index (Phi) is 35.2. The molecule has 20 heteroatoms. The zero-order chi connectivity index (χ0) is 56.3. The van der Waals surface area contributed by atoms with Crippen LogP contribution in [0, 0.1) is 12.8 Å². The first-order valence-corrected chi connectivity index (χ1v) is 27.4. The van der Waals surface area contributed by atoms with Gasteiger partial charge < -0.3 is 68.5 Å². The molecule has 0 heterocycles. The molecule has 4 aromatic rings. The van der Waals surface area contributed by atoms with Crippen molar-refractivity contribution in [3.05, 3.63) is 147 Å².